The highest BCUT2D eigenvalue weighted by Crippen LogP contribution is 2.26. The maximum atomic E-state index is 10.6. The van der Waals surface area contributed by atoms with Crippen LogP contribution in [-0.2, 0) is 0 Å². The van der Waals surface area contributed by atoms with Crippen LogP contribution in [0, 0.1) is 0 Å². The number of aliphatic hydroxyl groups excluding tert-OH is 1. The molecule has 0 heterocycles. The van der Waals surface area contributed by atoms with Gasteiger partial charge in [0.2, 0.25) is 0 Å². The Hall–Kier alpha value is -0.770. The predicted molar refractivity (Wildman–Crippen MR) is 44.1 cm³/mol. The zero-order valence-corrected chi connectivity index (χ0v) is 7.07. The number of hydrogen-bond acceptors (Lipinski definition) is 2. The molecule has 12 heavy (non-hydrogen) atoms. The Balaban J connectivity index is 2.19. The van der Waals surface area contributed by atoms with Crippen LogP contribution in [0.5, 0.6) is 0 Å². The molecule has 0 aromatic heterocycles. The topological polar surface area (TPSA) is 60.8 Å². The van der Waals surface area contributed by atoms with Crippen molar-refractivity contribution in [3.63, 3.8) is 0 Å². The Morgan fingerprint density at radius 3 is 2.50 bits per heavy atom. The van der Waals surface area contributed by atoms with Crippen LogP contribution >= 0.6 is 0 Å². The van der Waals surface area contributed by atoms with Crippen LogP contribution < -0.4 is 0 Å². The smallest absolute Gasteiger partial charge is 0.407 e. The molecule has 0 saturated heterocycles. The van der Waals surface area contributed by atoms with Gasteiger partial charge in [0, 0.05) is 19.2 Å². The van der Waals surface area contributed by atoms with Gasteiger partial charge in [-0.25, -0.2) is 4.79 Å². The summed E-state index contributed by atoms with van der Waals surface area (Å²) in [5, 5.41) is 17.3. The first kappa shape index (κ1) is 9.32. The highest BCUT2D eigenvalue weighted by molar-refractivity contribution is 5.65. The summed E-state index contributed by atoms with van der Waals surface area (Å²) in [5.74, 6) is 0. The minimum Gasteiger partial charge on any atom is -0.465 e. The fraction of sp³-hybridized carbons (Fsp3) is 0.875. The van der Waals surface area contributed by atoms with E-state index in [1.54, 1.807) is 0 Å². The average Bonchev–Trinajstić information content (AvgIpc) is 2.80. The Labute approximate surface area is 71.8 Å². The third-order valence-electron chi connectivity index (χ3n) is 2.04. The largest absolute Gasteiger partial charge is 0.465 e. The normalized spacial score (nSPS) is 16.1. The van der Waals surface area contributed by atoms with Crippen molar-refractivity contribution in [2.24, 2.45) is 0 Å². The molecular weight excluding hydrogens is 158 g/mol. The molecule has 1 aliphatic rings. The fourth-order valence-electron chi connectivity index (χ4n) is 1.21. The quantitative estimate of drug-likeness (QED) is 0.607. The van der Waals surface area contributed by atoms with Gasteiger partial charge in [-0.3, -0.25) is 0 Å². The molecule has 2 N–H and O–H groups in total. The molecule has 0 aromatic rings. The predicted octanol–water partition coefficient (Wildman–Crippen LogP) is 0.901. The van der Waals surface area contributed by atoms with Gasteiger partial charge >= 0.3 is 6.09 Å². The minimum absolute atomic E-state index is 0.151. The van der Waals surface area contributed by atoms with E-state index < -0.39 is 6.09 Å². The van der Waals surface area contributed by atoms with Crippen molar-refractivity contribution >= 4 is 6.09 Å². The van der Waals surface area contributed by atoms with Crippen molar-refractivity contribution in [3.05, 3.63) is 0 Å². The Morgan fingerprint density at radius 1 is 1.42 bits per heavy atom. The molecule has 4 heteroatoms. The molecule has 1 saturated carbocycles. The molecule has 1 rings (SSSR count). The molecule has 0 aliphatic heterocycles. The molecule has 0 unspecified atom stereocenters. The van der Waals surface area contributed by atoms with Gasteiger partial charge in [-0.1, -0.05) is 0 Å². The number of carboxylic acid groups (broad SMARTS) is 1. The average molecular weight is 173 g/mol. The number of nitrogens with zero attached hydrogens (tertiary/aromatic N) is 1. The summed E-state index contributed by atoms with van der Waals surface area (Å²) in [5.41, 5.74) is 0. The SMILES string of the molecule is O=C(O)N(CCCCO)C1CC1. The molecule has 0 aromatic carbocycles. The minimum atomic E-state index is -0.824. The van der Waals surface area contributed by atoms with E-state index in [1.165, 1.54) is 4.90 Å². The van der Waals surface area contributed by atoms with Crippen LogP contribution in [0.2, 0.25) is 0 Å². The highest BCUT2D eigenvalue weighted by Gasteiger charge is 2.31. The van der Waals surface area contributed by atoms with E-state index in [2.05, 4.69) is 0 Å². The van der Waals surface area contributed by atoms with Gasteiger partial charge in [-0.2, -0.15) is 0 Å². The molecule has 0 radical (unpaired) electrons. The van der Waals surface area contributed by atoms with Crippen LogP contribution in [-0.4, -0.2) is 40.4 Å². The number of aliphatic hydroxyl groups is 1. The zero-order chi connectivity index (χ0) is 8.97. The molecule has 0 atom stereocenters. The van der Waals surface area contributed by atoms with E-state index in [1.807, 2.05) is 0 Å². The number of rotatable bonds is 5. The molecule has 0 bridgehead atoms. The number of carbonyl (C=O) groups is 1. The van der Waals surface area contributed by atoms with Gasteiger partial charge in [0.25, 0.3) is 0 Å². The Bertz CT molecular complexity index is 156. The summed E-state index contributed by atoms with van der Waals surface area (Å²) in [6.45, 7) is 0.721. The maximum absolute atomic E-state index is 10.6. The van der Waals surface area contributed by atoms with Crippen LogP contribution in [0.3, 0.4) is 0 Å². The lowest BCUT2D eigenvalue weighted by Crippen LogP contribution is -2.32. The Morgan fingerprint density at radius 2 is 2.08 bits per heavy atom. The summed E-state index contributed by atoms with van der Waals surface area (Å²) < 4.78 is 0. The van der Waals surface area contributed by atoms with Crippen molar-refractivity contribution < 1.29 is 15.0 Å². The monoisotopic (exact) mass is 173 g/mol. The lowest BCUT2D eigenvalue weighted by Gasteiger charge is -2.17. The van der Waals surface area contributed by atoms with Crippen LogP contribution in [0.4, 0.5) is 4.79 Å². The van der Waals surface area contributed by atoms with Gasteiger partial charge in [0.05, 0.1) is 0 Å². The van der Waals surface area contributed by atoms with Gasteiger partial charge in [-0.15, -0.1) is 0 Å². The van der Waals surface area contributed by atoms with Crippen LogP contribution in [0.1, 0.15) is 25.7 Å². The number of hydrogen-bond donors (Lipinski definition) is 2. The first-order chi connectivity index (χ1) is 5.75. The van der Waals surface area contributed by atoms with Gasteiger partial charge in [0.15, 0.2) is 0 Å². The van der Waals surface area contributed by atoms with Crippen molar-refractivity contribution in [2.45, 2.75) is 31.7 Å². The Kier molecular flexibility index (Phi) is 3.34. The van der Waals surface area contributed by atoms with Gasteiger partial charge in [0.1, 0.15) is 0 Å². The van der Waals surface area contributed by atoms with E-state index in [-0.39, 0.29) is 12.6 Å². The van der Waals surface area contributed by atoms with E-state index in [0.717, 1.165) is 19.3 Å². The van der Waals surface area contributed by atoms with Crippen molar-refractivity contribution in [2.75, 3.05) is 13.2 Å². The summed E-state index contributed by atoms with van der Waals surface area (Å²) in [7, 11) is 0. The highest BCUT2D eigenvalue weighted by atomic mass is 16.4. The lowest BCUT2D eigenvalue weighted by molar-refractivity contribution is 0.139. The lowest BCUT2D eigenvalue weighted by atomic mass is 10.3. The van der Waals surface area contributed by atoms with Crippen molar-refractivity contribution in [1.82, 2.24) is 4.90 Å². The standard InChI is InChI=1S/C8H15NO3/c10-6-2-1-5-9(8(11)12)7-3-4-7/h7,10H,1-6H2,(H,11,12). The summed E-state index contributed by atoms with van der Waals surface area (Å²) in [6.07, 6.45) is 2.64. The summed E-state index contributed by atoms with van der Waals surface area (Å²) in [4.78, 5) is 12.1. The zero-order valence-electron chi connectivity index (χ0n) is 7.07. The van der Waals surface area contributed by atoms with Crippen LogP contribution in [0.15, 0.2) is 0 Å². The second-order valence-corrected chi connectivity index (χ2v) is 3.14. The molecule has 4 nitrogen and oxygen atoms in total. The molecular formula is C8H15NO3. The molecule has 1 amide bonds. The second kappa shape index (κ2) is 4.30. The van der Waals surface area contributed by atoms with Gasteiger partial charge in [-0.05, 0) is 25.7 Å². The van der Waals surface area contributed by atoms with E-state index in [9.17, 15) is 4.79 Å². The molecule has 1 aliphatic carbocycles. The molecule has 0 spiro atoms. The first-order valence-electron chi connectivity index (χ1n) is 4.36. The third-order valence-corrected chi connectivity index (χ3v) is 2.04. The van der Waals surface area contributed by atoms with Crippen LogP contribution in [0.25, 0.3) is 0 Å². The second-order valence-electron chi connectivity index (χ2n) is 3.14. The summed E-state index contributed by atoms with van der Waals surface area (Å²) >= 11 is 0. The third kappa shape index (κ3) is 2.70. The molecule has 70 valence electrons. The number of amides is 1. The maximum Gasteiger partial charge on any atom is 0.407 e. The fourth-order valence-corrected chi connectivity index (χ4v) is 1.21. The van der Waals surface area contributed by atoms with E-state index in [4.69, 9.17) is 10.2 Å². The van der Waals surface area contributed by atoms with E-state index >= 15 is 0 Å². The van der Waals surface area contributed by atoms with Gasteiger partial charge < -0.3 is 15.1 Å². The number of unbranched alkanes of at least 4 members (excludes halogenated alkanes) is 1. The van der Waals surface area contributed by atoms with E-state index in [0.29, 0.717) is 13.0 Å². The molecule has 1 fully saturated rings. The first-order valence-corrected chi connectivity index (χ1v) is 4.36. The van der Waals surface area contributed by atoms with Crippen molar-refractivity contribution in [1.29, 1.82) is 0 Å². The van der Waals surface area contributed by atoms with Crippen molar-refractivity contribution in [3.8, 4) is 0 Å². The summed E-state index contributed by atoms with van der Waals surface area (Å²) in [6, 6.07) is 0.265.